The molecule has 1 aromatic rings. The molecule has 0 unspecified atom stereocenters. The molecule has 0 spiro atoms. The summed E-state index contributed by atoms with van der Waals surface area (Å²) >= 11 is 0. The van der Waals surface area contributed by atoms with Gasteiger partial charge in [-0.3, -0.25) is 14.4 Å². The van der Waals surface area contributed by atoms with Crippen molar-refractivity contribution < 1.29 is 29.3 Å². The minimum Gasteiger partial charge on any atom is -0.480 e. The van der Waals surface area contributed by atoms with E-state index in [0.717, 1.165) is 5.56 Å². The molecule has 27 heavy (non-hydrogen) atoms. The summed E-state index contributed by atoms with van der Waals surface area (Å²) in [5, 5.41) is 16.9. The number of hydrogen-bond acceptors (Lipinski definition) is 7. The van der Waals surface area contributed by atoms with Crippen LogP contribution in [0.1, 0.15) is 25.8 Å². The molecule has 0 aliphatic carbocycles. The van der Waals surface area contributed by atoms with Crippen LogP contribution < -0.4 is 17.2 Å². The van der Waals surface area contributed by atoms with Gasteiger partial charge in [0, 0.05) is 0 Å². The summed E-state index contributed by atoms with van der Waals surface area (Å²) in [6, 6.07) is 6.63. The van der Waals surface area contributed by atoms with Gasteiger partial charge in [-0.25, -0.2) is 0 Å². The van der Waals surface area contributed by atoms with Gasteiger partial charge < -0.3 is 32.2 Å². The Morgan fingerprint density at radius 3 is 1.89 bits per heavy atom. The molecule has 8 N–H and O–H groups in total. The smallest absolute Gasteiger partial charge is 0.324 e. The van der Waals surface area contributed by atoms with E-state index >= 15 is 0 Å². The first-order chi connectivity index (χ1) is 12.5. The van der Waals surface area contributed by atoms with Crippen LogP contribution in [0.3, 0.4) is 0 Å². The third-order valence-corrected chi connectivity index (χ3v) is 3.37. The van der Waals surface area contributed by atoms with Crippen molar-refractivity contribution in [2.75, 3.05) is 6.61 Å². The number of ether oxygens (including phenoxy) is 1. The molecule has 0 radical (unpaired) electrons. The minimum atomic E-state index is -1.21. The second kappa shape index (κ2) is 12.8. The number of hydrogen-bond donors (Lipinski definition) is 5. The van der Waals surface area contributed by atoms with Crippen LogP contribution in [-0.2, 0) is 25.5 Å². The average Bonchev–Trinajstić information content (AvgIpc) is 2.59. The molecule has 152 valence electrons. The Bertz CT molecular complexity index is 594. The Morgan fingerprint density at radius 2 is 1.44 bits per heavy atom. The molecular formula is C18H29N3O6. The molecule has 0 bridgehead atoms. The summed E-state index contributed by atoms with van der Waals surface area (Å²) in [6.45, 7) is 3.51. The summed E-state index contributed by atoms with van der Waals surface area (Å²) in [4.78, 5) is 31.9. The van der Waals surface area contributed by atoms with Crippen LogP contribution in [0.25, 0.3) is 0 Å². The van der Waals surface area contributed by atoms with Gasteiger partial charge in [0.15, 0.2) is 0 Å². The molecule has 0 saturated heterocycles. The fourth-order valence-electron chi connectivity index (χ4n) is 1.91. The van der Waals surface area contributed by atoms with Gasteiger partial charge in [-0.05, 0) is 24.3 Å². The molecule has 3 atom stereocenters. The number of aliphatic carboxylic acids is 2. The quantitative estimate of drug-likeness (QED) is 0.366. The van der Waals surface area contributed by atoms with E-state index < -0.39 is 36.0 Å². The number of carboxylic acid groups (broad SMARTS) is 2. The van der Waals surface area contributed by atoms with Gasteiger partial charge >= 0.3 is 17.9 Å². The van der Waals surface area contributed by atoms with Gasteiger partial charge in [-0.2, -0.15) is 0 Å². The standard InChI is InChI=1S/C9H18N2O4.C9H11NO2/c1-5(2)3-6(10)9(14)15-4-7(11)8(12)13;10-8(9(11)12)6-7-4-2-1-3-5-7/h5-7H,3-4,10-11H2,1-2H3,(H,12,13);1-5,8H,6,10H2,(H,11,12)/t6-,7-;8-/m00/s1. The molecule has 0 aliphatic heterocycles. The van der Waals surface area contributed by atoms with Crippen molar-refractivity contribution in [1.82, 2.24) is 0 Å². The van der Waals surface area contributed by atoms with E-state index in [1.54, 1.807) is 0 Å². The first-order valence-electron chi connectivity index (χ1n) is 8.47. The van der Waals surface area contributed by atoms with Crippen molar-refractivity contribution in [2.24, 2.45) is 23.1 Å². The molecule has 0 aliphatic rings. The molecule has 0 aromatic heterocycles. The zero-order valence-corrected chi connectivity index (χ0v) is 15.6. The number of esters is 1. The lowest BCUT2D eigenvalue weighted by molar-refractivity contribution is -0.149. The van der Waals surface area contributed by atoms with Gasteiger partial charge in [0.1, 0.15) is 24.7 Å². The number of benzene rings is 1. The van der Waals surface area contributed by atoms with Gasteiger partial charge in [0.25, 0.3) is 0 Å². The molecule has 0 fully saturated rings. The van der Waals surface area contributed by atoms with Crippen LogP contribution in [0, 0.1) is 5.92 Å². The lowest BCUT2D eigenvalue weighted by atomic mass is 10.1. The van der Waals surface area contributed by atoms with E-state index in [2.05, 4.69) is 4.74 Å². The predicted molar refractivity (Wildman–Crippen MR) is 99.8 cm³/mol. The summed E-state index contributed by atoms with van der Waals surface area (Å²) in [5.74, 6) is -2.50. The average molecular weight is 383 g/mol. The lowest BCUT2D eigenvalue weighted by Gasteiger charge is -2.14. The third-order valence-electron chi connectivity index (χ3n) is 3.37. The Morgan fingerprint density at radius 1 is 0.926 bits per heavy atom. The van der Waals surface area contributed by atoms with E-state index in [0.29, 0.717) is 12.8 Å². The van der Waals surface area contributed by atoms with E-state index in [1.807, 2.05) is 44.2 Å². The molecule has 1 aromatic carbocycles. The van der Waals surface area contributed by atoms with Crippen LogP contribution in [0.4, 0.5) is 0 Å². The topological polar surface area (TPSA) is 179 Å². The van der Waals surface area contributed by atoms with Crippen molar-refractivity contribution in [3.63, 3.8) is 0 Å². The summed E-state index contributed by atoms with van der Waals surface area (Å²) in [7, 11) is 0. The number of carboxylic acids is 2. The minimum absolute atomic E-state index is 0.278. The van der Waals surface area contributed by atoms with Crippen LogP contribution in [0.5, 0.6) is 0 Å². The maximum absolute atomic E-state index is 11.2. The summed E-state index contributed by atoms with van der Waals surface area (Å²) in [5.41, 5.74) is 17.0. The van der Waals surface area contributed by atoms with Crippen molar-refractivity contribution in [2.45, 2.75) is 44.8 Å². The molecule has 9 heteroatoms. The second-order valence-electron chi connectivity index (χ2n) is 6.45. The third kappa shape index (κ3) is 11.7. The van der Waals surface area contributed by atoms with Crippen LogP contribution in [0.15, 0.2) is 30.3 Å². The van der Waals surface area contributed by atoms with Gasteiger partial charge in [-0.1, -0.05) is 44.2 Å². The van der Waals surface area contributed by atoms with Gasteiger partial charge in [0.05, 0.1) is 0 Å². The van der Waals surface area contributed by atoms with Crippen molar-refractivity contribution >= 4 is 17.9 Å². The Kier molecular flexibility index (Phi) is 11.6. The fraction of sp³-hybridized carbons (Fsp3) is 0.500. The monoisotopic (exact) mass is 383 g/mol. The molecular weight excluding hydrogens is 354 g/mol. The van der Waals surface area contributed by atoms with Crippen molar-refractivity contribution in [1.29, 1.82) is 0 Å². The zero-order valence-electron chi connectivity index (χ0n) is 15.6. The van der Waals surface area contributed by atoms with E-state index in [4.69, 9.17) is 27.4 Å². The summed E-state index contributed by atoms with van der Waals surface area (Å²) in [6.07, 6.45) is 0.886. The SMILES string of the molecule is CC(C)C[C@H](N)C(=O)OC[C@H](N)C(=O)O.N[C@@H](Cc1ccccc1)C(=O)O. The van der Waals surface area contributed by atoms with E-state index in [9.17, 15) is 14.4 Å². The summed E-state index contributed by atoms with van der Waals surface area (Å²) < 4.78 is 4.66. The largest absolute Gasteiger partial charge is 0.480 e. The van der Waals surface area contributed by atoms with Gasteiger partial charge in [0.2, 0.25) is 0 Å². The lowest BCUT2D eigenvalue weighted by Crippen LogP contribution is -2.40. The molecule has 0 saturated carbocycles. The number of carbonyl (C=O) groups is 3. The van der Waals surface area contributed by atoms with E-state index in [1.165, 1.54) is 0 Å². The van der Waals surface area contributed by atoms with Crippen LogP contribution in [-0.4, -0.2) is 52.9 Å². The second-order valence-corrected chi connectivity index (χ2v) is 6.45. The highest BCUT2D eigenvalue weighted by Crippen LogP contribution is 2.04. The molecule has 9 nitrogen and oxygen atoms in total. The Balaban J connectivity index is 0.000000511. The van der Waals surface area contributed by atoms with Crippen LogP contribution in [0.2, 0.25) is 0 Å². The number of rotatable bonds is 9. The van der Waals surface area contributed by atoms with Crippen molar-refractivity contribution in [3.05, 3.63) is 35.9 Å². The van der Waals surface area contributed by atoms with Crippen LogP contribution >= 0.6 is 0 Å². The van der Waals surface area contributed by atoms with Crippen molar-refractivity contribution in [3.8, 4) is 0 Å². The molecule has 1 rings (SSSR count). The highest BCUT2D eigenvalue weighted by molar-refractivity contribution is 5.77. The van der Waals surface area contributed by atoms with E-state index in [-0.39, 0.29) is 12.5 Å². The maximum Gasteiger partial charge on any atom is 0.324 e. The number of nitrogens with two attached hydrogens (primary N) is 3. The Hall–Kier alpha value is -2.49. The zero-order chi connectivity index (χ0) is 21.0. The highest BCUT2D eigenvalue weighted by atomic mass is 16.5. The number of carbonyl (C=O) groups excluding carboxylic acids is 1. The molecule has 0 heterocycles. The maximum atomic E-state index is 11.2. The fourth-order valence-corrected chi connectivity index (χ4v) is 1.91. The Labute approximate surface area is 158 Å². The normalized spacial score (nSPS) is 13.7. The highest BCUT2D eigenvalue weighted by Gasteiger charge is 2.19. The van der Waals surface area contributed by atoms with Gasteiger partial charge in [-0.15, -0.1) is 0 Å². The first kappa shape index (κ1) is 24.5. The first-order valence-corrected chi connectivity index (χ1v) is 8.47. The molecule has 0 amide bonds. The predicted octanol–water partition coefficient (Wildman–Crippen LogP) is -0.0441.